The van der Waals surface area contributed by atoms with Gasteiger partial charge in [-0.15, -0.1) is 0 Å². The number of hydrogen-bond acceptors (Lipinski definition) is 8. The first-order valence-electron chi connectivity index (χ1n) is 11.9. The quantitative estimate of drug-likeness (QED) is 0.597. The summed E-state index contributed by atoms with van der Waals surface area (Å²) in [5.41, 5.74) is 2.87. The number of esters is 1. The number of ether oxygens (including phenoxy) is 3. The van der Waals surface area contributed by atoms with E-state index in [1.165, 1.54) is 7.11 Å². The van der Waals surface area contributed by atoms with Crippen LogP contribution in [0.3, 0.4) is 0 Å². The summed E-state index contributed by atoms with van der Waals surface area (Å²) in [4.78, 5) is 26.9. The second-order valence-electron chi connectivity index (χ2n) is 9.20. The molecule has 0 spiro atoms. The maximum atomic E-state index is 13.5. The number of allylic oxidation sites excluding steroid dienone is 3. The number of nitrogens with one attached hydrogen (secondary N) is 1. The fraction of sp³-hybridized carbons (Fsp3) is 0.407. The molecule has 1 aromatic carbocycles. The van der Waals surface area contributed by atoms with E-state index in [9.17, 15) is 14.7 Å². The molecule has 1 aliphatic carbocycles. The molecule has 3 aliphatic rings. The van der Waals surface area contributed by atoms with E-state index in [0.717, 1.165) is 24.3 Å². The molecule has 8 nitrogen and oxygen atoms in total. The molecule has 0 unspecified atom stereocenters. The minimum absolute atomic E-state index is 0.0628. The van der Waals surface area contributed by atoms with Crippen LogP contribution in [0.2, 0.25) is 0 Å². The van der Waals surface area contributed by atoms with Crippen LogP contribution >= 0.6 is 0 Å². The number of furan rings is 1. The van der Waals surface area contributed by atoms with E-state index in [0.29, 0.717) is 41.2 Å². The number of phenols is 1. The van der Waals surface area contributed by atoms with Crippen LogP contribution in [0.1, 0.15) is 55.8 Å². The summed E-state index contributed by atoms with van der Waals surface area (Å²) >= 11 is 0. The Hall–Kier alpha value is -3.52. The highest BCUT2D eigenvalue weighted by atomic mass is 16.6. The van der Waals surface area contributed by atoms with Crippen molar-refractivity contribution in [2.75, 3.05) is 20.3 Å². The number of rotatable bonds is 6. The molecule has 2 N–H and O–H groups in total. The topological polar surface area (TPSA) is 107 Å². The van der Waals surface area contributed by atoms with E-state index in [4.69, 9.17) is 18.6 Å². The number of hydrogen-bond donors (Lipinski definition) is 2. The standard InChI is InChI=1S/C27H29NO7/c1-15-24(27(31)35-14-18-5-3-9-33-18)25(16-7-8-23(32-2)20(29)12-16)26-19(28-15)11-17(13-21(26)30)22-6-4-10-34-22/h4,6-8,10,12,17-18,25,28-29H,3,5,9,11,13-14H2,1-2H3/t17-,18+,25+/m1/s1. The number of methoxy groups -OCH3 is 1. The summed E-state index contributed by atoms with van der Waals surface area (Å²) in [6.07, 6.45) is 4.13. The lowest BCUT2D eigenvalue weighted by Crippen LogP contribution is -2.36. The fourth-order valence-electron chi connectivity index (χ4n) is 5.28. The molecule has 1 aromatic heterocycles. The lowest BCUT2D eigenvalue weighted by atomic mass is 9.72. The van der Waals surface area contributed by atoms with Gasteiger partial charge in [-0.2, -0.15) is 0 Å². The van der Waals surface area contributed by atoms with Gasteiger partial charge in [-0.1, -0.05) is 6.07 Å². The van der Waals surface area contributed by atoms with Gasteiger partial charge in [0.25, 0.3) is 0 Å². The molecule has 0 radical (unpaired) electrons. The Bertz CT molecular complexity index is 1190. The van der Waals surface area contributed by atoms with Crippen molar-refractivity contribution >= 4 is 11.8 Å². The molecular weight excluding hydrogens is 450 g/mol. The van der Waals surface area contributed by atoms with E-state index in [-0.39, 0.29) is 36.6 Å². The van der Waals surface area contributed by atoms with Crippen LogP contribution in [0, 0.1) is 0 Å². The average molecular weight is 480 g/mol. The van der Waals surface area contributed by atoms with Crippen LogP contribution in [0.4, 0.5) is 0 Å². The van der Waals surface area contributed by atoms with Crippen molar-refractivity contribution < 1.29 is 33.3 Å². The predicted octanol–water partition coefficient (Wildman–Crippen LogP) is 4.08. The summed E-state index contributed by atoms with van der Waals surface area (Å²) in [6.45, 7) is 2.64. The van der Waals surface area contributed by atoms with Gasteiger partial charge in [-0.3, -0.25) is 4.79 Å². The van der Waals surface area contributed by atoms with Crippen molar-refractivity contribution in [2.45, 2.75) is 50.5 Å². The zero-order valence-corrected chi connectivity index (χ0v) is 19.8. The summed E-state index contributed by atoms with van der Waals surface area (Å²) in [6, 6.07) is 8.64. The van der Waals surface area contributed by atoms with Gasteiger partial charge in [0.2, 0.25) is 0 Å². The molecule has 2 aliphatic heterocycles. The molecule has 0 saturated carbocycles. The van der Waals surface area contributed by atoms with Gasteiger partial charge in [0.1, 0.15) is 12.4 Å². The number of aromatic hydroxyl groups is 1. The van der Waals surface area contributed by atoms with Crippen LogP contribution < -0.4 is 10.1 Å². The Morgan fingerprint density at radius 2 is 2.11 bits per heavy atom. The SMILES string of the molecule is COc1ccc([C@H]2C(C(=O)OC[C@@H]3CCCO3)=C(C)NC3=C2C(=O)C[C@H](c2ccco2)C3)cc1O. The van der Waals surface area contributed by atoms with Crippen LogP contribution in [0.25, 0.3) is 0 Å². The van der Waals surface area contributed by atoms with Crippen LogP contribution in [0.15, 0.2) is 63.6 Å². The van der Waals surface area contributed by atoms with Crippen molar-refractivity contribution in [2.24, 2.45) is 0 Å². The van der Waals surface area contributed by atoms with Crippen LogP contribution in [-0.2, 0) is 19.1 Å². The van der Waals surface area contributed by atoms with Crippen molar-refractivity contribution in [3.8, 4) is 11.5 Å². The first kappa shape index (κ1) is 23.2. The summed E-state index contributed by atoms with van der Waals surface area (Å²) < 4.78 is 22.0. The highest BCUT2D eigenvalue weighted by Crippen LogP contribution is 2.47. The smallest absolute Gasteiger partial charge is 0.336 e. The second kappa shape index (κ2) is 9.62. The first-order valence-corrected chi connectivity index (χ1v) is 11.9. The van der Waals surface area contributed by atoms with Crippen molar-refractivity contribution in [3.05, 3.63) is 70.5 Å². The number of Topliss-reactive ketones (excluding diaryl/α,β-unsaturated/α-hetero) is 1. The molecule has 1 fully saturated rings. The number of carbonyl (C=O) groups is 2. The molecule has 0 amide bonds. The number of phenolic OH excluding ortho intramolecular Hbond substituents is 1. The van der Waals surface area contributed by atoms with Crippen LogP contribution in [0.5, 0.6) is 11.5 Å². The molecule has 184 valence electrons. The van der Waals surface area contributed by atoms with Crippen molar-refractivity contribution in [3.63, 3.8) is 0 Å². The zero-order chi connectivity index (χ0) is 24.5. The van der Waals surface area contributed by atoms with Gasteiger partial charge < -0.3 is 29.1 Å². The number of benzene rings is 1. The summed E-state index contributed by atoms with van der Waals surface area (Å²) in [5.74, 6) is -0.330. The molecule has 3 atom stereocenters. The molecule has 5 rings (SSSR count). The first-order chi connectivity index (χ1) is 17.0. The fourth-order valence-corrected chi connectivity index (χ4v) is 5.28. The average Bonchev–Trinajstić information content (AvgIpc) is 3.56. The van der Waals surface area contributed by atoms with Crippen LogP contribution in [-0.4, -0.2) is 43.3 Å². The lowest BCUT2D eigenvalue weighted by molar-refractivity contribution is -0.142. The Balaban J connectivity index is 1.52. The maximum absolute atomic E-state index is 13.5. The summed E-state index contributed by atoms with van der Waals surface area (Å²) in [7, 11) is 1.47. The van der Waals surface area contributed by atoms with Gasteiger partial charge in [0, 0.05) is 41.8 Å². The number of carbonyl (C=O) groups excluding carboxylic acids is 2. The second-order valence-corrected chi connectivity index (χ2v) is 9.20. The maximum Gasteiger partial charge on any atom is 0.336 e. The predicted molar refractivity (Wildman–Crippen MR) is 126 cm³/mol. The molecule has 3 heterocycles. The Morgan fingerprint density at radius 3 is 2.80 bits per heavy atom. The normalized spacial score (nSPS) is 24.3. The molecule has 8 heteroatoms. The van der Waals surface area contributed by atoms with Gasteiger partial charge >= 0.3 is 5.97 Å². The third-order valence-electron chi connectivity index (χ3n) is 6.95. The lowest BCUT2D eigenvalue weighted by Gasteiger charge is -2.36. The zero-order valence-electron chi connectivity index (χ0n) is 19.8. The van der Waals surface area contributed by atoms with E-state index in [1.807, 2.05) is 19.1 Å². The molecule has 0 bridgehead atoms. The van der Waals surface area contributed by atoms with E-state index in [1.54, 1.807) is 24.5 Å². The minimum atomic E-state index is -0.676. The van der Waals surface area contributed by atoms with Gasteiger partial charge in [0.15, 0.2) is 17.3 Å². The molecule has 2 aromatic rings. The largest absolute Gasteiger partial charge is 0.504 e. The van der Waals surface area contributed by atoms with E-state index >= 15 is 0 Å². The van der Waals surface area contributed by atoms with Gasteiger partial charge in [-0.05, 0) is 56.0 Å². The Morgan fingerprint density at radius 1 is 1.26 bits per heavy atom. The molecular formula is C27H29NO7. The van der Waals surface area contributed by atoms with Gasteiger partial charge in [-0.25, -0.2) is 4.79 Å². The van der Waals surface area contributed by atoms with Crippen molar-refractivity contribution in [1.29, 1.82) is 0 Å². The van der Waals surface area contributed by atoms with E-state index in [2.05, 4.69) is 5.32 Å². The monoisotopic (exact) mass is 479 g/mol. The minimum Gasteiger partial charge on any atom is -0.504 e. The number of ketones is 1. The Kier molecular flexibility index (Phi) is 6.38. The number of dihydropyridines is 1. The summed E-state index contributed by atoms with van der Waals surface area (Å²) in [5, 5.41) is 13.8. The third kappa shape index (κ3) is 4.46. The molecule has 1 saturated heterocycles. The third-order valence-corrected chi connectivity index (χ3v) is 6.95. The Labute approximate surface area is 203 Å². The van der Waals surface area contributed by atoms with E-state index < -0.39 is 11.9 Å². The van der Waals surface area contributed by atoms with Gasteiger partial charge in [0.05, 0.1) is 25.1 Å². The molecule has 35 heavy (non-hydrogen) atoms. The van der Waals surface area contributed by atoms with Crippen molar-refractivity contribution in [1.82, 2.24) is 5.32 Å². The highest BCUT2D eigenvalue weighted by molar-refractivity contribution is 6.04. The highest BCUT2D eigenvalue weighted by Gasteiger charge is 2.42.